The third-order valence-electron chi connectivity index (χ3n) is 5.38. The summed E-state index contributed by atoms with van der Waals surface area (Å²) in [4.78, 5) is 11.9. The molecule has 2 aromatic carbocycles. The lowest BCUT2D eigenvalue weighted by Crippen LogP contribution is -2.25. The van der Waals surface area contributed by atoms with E-state index in [4.69, 9.17) is 28.2 Å². The lowest BCUT2D eigenvalue weighted by atomic mass is 10.1. The van der Waals surface area contributed by atoms with Crippen LogP contribution in [0.2, 0.25) is 10.0 Å². The minimum absolute atomic E-state index is 0.296. The molecule has 0 saturated carbocycles. The number of benzene rings is 2. The number of halogens is 2. The van der Waals surface area contributed by atoms with Crippen LogP contribution in [0.3, 0.4) is 0 Å². The van der Waals surface area contributed by atoms with Crippen LogP contribution in [0, 0.1) is 0 Å². The Morgan fingerprint density at radius 3 is 2.55 bits per heavy atom. The maximum atomic E-state index is 6.27. The lowest BCUT2D eigenvalue weighted by Gasteiger charge is -2.20. The summed E-state index contributed by atoms with van der Waals surface area (Å²) in [5.74, 6) is 1.45. The summed E-state index contributed by atoms with van der Waals surface area (Å²) in [5, 5.41) is 5.91. The highest BCUT2D eigenvalue weighted by molar-refractivity contribution is 6.32. The first kappa shape index (κ1) is 23.5. The van der Waals surface area contributed by atoms with E-state index in [0.717, 1.165) is 54.8 Å². The van der Waals surface area contributed by atoms with E-state index in [9.17, 15) is 0 Å². The number of nitrogens with zero attached hydrogens (tertiary/aromatic N) is 3. The second kappa shape index (κ2) is 11.5. The molecule has 3 aromatic rings. The number of anilines is 1. The molecule has 1 N–H and O–H groups in total. The highest BCUT2D eigenvalue weighted by atomic mass is 35.5. The van der Waals surface area contributed by atoms with Gasteiger partial charge in [0.1, 0.15) is 5.82 Å². The van der Waals surface area contributed by atoms with E-state index in [0.29, 0.717) is 21.9 Å². The lowest BCUT2D eigenvalue weighted by molar-refractivity contribution is 0.295. The van der Waals surface area contributed by atoms with Crippen molar-refractivity contribution in [3.05, 3.63) is 63.9 Å². The maximum Gasteiger partial charge on any atom is 0.154 e. The van der Waals surface area contributed by atoms with Crippen molar-refractivity contribution in [2.45, 2.75) is 39.7 Å². The molecule has 0 aliphatic carbocycles. The standard InChI is InChI=1S/C25H30Cl2N4/c1-4-31(5-2)16-8-9-18(3)28-25-21-14-13-20(26)17-23(21)29-24(30-25)15-12-19-10-6-7-11-22(19)27/h6-7,10-15,17-18H,4-5,8-9,16H2,1-3H3,(H,28,29,30)/b15-12+/t18-/m0/s1. The van der Waals surface area contributed by atoms with Gasteiger partial charge in [0.05, 0.1) is 5.52 Å². The molecule has 1 aromatic heterocycles. The second-order valence-electron chi connectivity index (χ2n) is 7.66. The van der Waals surface area contributed by atoms with Gasteiger partial charge in [-0.05, 0) is 81.4 Å². The summed E-state index contributed by atoms with van der Waals surface area (Å²) in [7, 11) is 0. The number of hydrogen-bond acceptors (Lipinski definition) is 4. The quantitative estimate of drug-likeness (QED) is 0.355. The molecule has 0 unspecified atom stereocenters. The van der Waals surface area contributed by atoms with Gasteiger partial charge < -0.3 is 10.2 Å². The zero-order chi connectivity index (χ0) is 22.2. The van der Waals surface area contributed by atoms with Gasteiger partial charge >= 0.3 is 0 Å². The van der Waals surface area contributed by atoms with Crippen LogP contribution in [-0.4, -0.2) is 40.5 Å². The molecule has 0 amide bonds. The fraction of sp³-hybridized carbons (Fsp3) is 0.360. The zero-order valence-electron chi connectivity index (χ0n) is 18.4. The van der Waals surface area contributed by atoms with Gasteiger partial charge in [-0.1, -0.05) is 55.2 Å². The van der Waals surface area contributed by atoms with E-state index >= 15 is 0 Å². The first-order chi connectivity index (χ1) is 15.0. The third-order valence-corrected chi connectivity index (χ3v) is 5.96. The first-order valence-corrected chi connectivity index (χ1v) is 11.6. The van der Waals surface area contributed by atoms with Crippen molar-refractivity contribution in [1.29, 1.82) is 0 Å². The Morgan fingerprint density at radius 2 is 1.81 bits per heavy atom. The monoisotopic (exact) mass is 456 g/mol. The summed E-state index contributed by atoms with van der Waals surface area (Å²) in [6.07, 6.45) is 6.04. The predicted octanol–water partition coefficient (Wildman–Crippen LogP) is 7.03. The van der Waals surface area contributed by atoms with E-state index in [1.807, 2.05) is 54.6 Å². The number of aromatic nitrogens is 2. The molecule has 164 valence electrons. The average Bonchev–Trinajstić information content (AvgIpc) is 2.76. The fourth-order valence-corrected chi connectivity index (χ4v) is 3.91. The Labute approximate surface area is 195 Å². The largest absolute Gasteiger partial charge is 0.367 e. The van der Waals surface area contributed by atoms with Crippen molar-refractivity contribution in [3.8, 4) is 0 Å². The maximum absolute atomic E-state index is 6.27. The minimum atomic E-state index is 0.296. The van der Waals surface area contributed by atoms with Gasteiger partial charge in [0, 0.05) is 21.5 Å². The molecule has 0 aliphatic rings. The van der Waals surface area contributed by atoms with Gasteiger partial charge in [0.2, 0.25) is 0 Å². The van der Waals surface area contributed by atoms with Crippen LogP contribution in [0.25, 0.3) is 23.1 Å². The number of hydrogen-bond donors (Lipinski definition) is 1. The van der Waals surface area contributed by atoms with Crippen LogP contribution >= 0.6 is 23.2 Å². The Bertz CT molecular complexity index is 1030. The van der Waals surface area contributed by atoms with E-state index in [-0.39, 0.29) is 0 Å². The Hall–Kier alpha value is -2.14. The summed E-state index contributed by atoms with van der Waals surface area (Å²) in [6, 6.07) is 13.7. The van der Waals surface area contributed by atoms with Gasteiger partial charge in [-0.25, -0.2) is 9.97 Å². The van der Waals surface area contributed by atoms with Crippen molar-refractivity contribution in [2.24, 2.45) is 0 Å². The topological polar surface area (TPSA) is 41.0 Å². The average molecular weight is 457 g/mol. The van der Waals surface area contributed by atoms with Gasteiger partial charge in [-0.2, -0.15) is 0 Å². The number of nitrogens with one attached hydrogen (secondary N) is 1. The molecule has 1 heterocycles. The summed E-state index contributed by atoms with van der Waals surface area (Å²) < 4.78 is 0. The van der Waals surface area contributed by atoms with Crippen molar-refractivity contribution in [2.75, 3.05) is 25.0 Å². The highest BCUT2D eigenvalue weighted by Crippen LogP contribution is 2.26. The normalized spacial score (nSPS) is 12.7. The Morgan fingerprint density at radius 1 is 1.03 bits per heavy atom. The zero-order valence-corrected chi connectivity index (χ0v) is 19.9. The van der Waals surface area contributed by atoms with Crippen molar-refractivity contribution in [3.63, 3.8) is 0 Å². The molecule has 0 aliphatic heterocycles. The first-order valence-electron chi connectivity index (χ1n) is 10.9. The second-order valence-corrected chi connectivity index (χ2v) is 8.50. The molecule has 6 heteroatoms. The Kier molecular flexibility index (Phi) is 8.70. The SMILES string of the molecule is CCN(CC)CCC[C@H](C)Nc1nc(/C=C/c2ccccc2Cl)nc2cc(Cl)ccc12. The highest BCUT2D eigenvalue weighted by Gasteiger charge is 2.11. The molecule has 0 spiro atoms. The smallest absolute Gasteiger partial charge is 0.154 e. The van der Waals surface area contributed by atoms with Gasteiger partial charge in [0.25, 0.3) is 0 Å². The minimum Gasteiger partial charge on any atom is -0.367 e. The van der Waals surface area contributed by atoms with Crippen LogP contribution < -0.4 is 5.32 Å². The fourth-order valence-electron chi connectivity index (χ4n) is 3.55. The van der Waals surface area contributed by atoms with Gasteiger partial charge in [0.15, 0.2) is 5.82 Å². The molecule has 0 bridgehead atoms. The molecule has 4 nitrogen and oxygen atoms in total. The molecule has 1 atom stereocenters. The van der Waals surface area contributed by atoms with Crippen LogP contribution in [0.15, 0.2) is 42.5 Å². The molecular formula is C25H30Cl2N4. The van der Waals surface area contributed by atoms with Crippen molar-refractivity contribution >= 4 is 52.1 Å². The molecule has 31 heavy (non-hydrogen) atoms. The summed E-state index contributed by atoms with van der Waals surface area (Å²) >= 11 is 12.5. The molecule has 0 saturated heterocycles. The predicted molar refractivity (Wildman–Crippen MR) is 135 cm³/mol. The van der Waals surface area contributed by atoms with Crippen LogP contribution in [-0.2, 0) is 0 Å². The van der Waals surface area contributed by atoms with Crippen LogP contribution in [0.5, 0.6) is 0 Å². The van der Waals surface area contributed by atoms with Crippen LogP contribution in [0.4, 0.5) is 5.82 Å². The van der Waals surface area contributed by atoms with Gasteiger partial charge in [-0.3, -0.25) is 0 Å². The molecule has 0 fully saturated rings. The molecular weight excluding hydrogens is 427 g/mol. The third kappa shape index (κ3) is 6.67. The number of rotatable bonds is 10. The van der Waals surface area contributed by atoms with Crippen molar-refractivity contribution < 1.29 is 0 Å². The van der Waals surface area contributed by atoms with Crippen LogP contribution in [0.1, 0.15) is 45.0 Å². The Balaban J connectivity index is 1.81. The van der Waals surface area contributed by atoms with E-state index in [1.165, 1.54) is 0 Å². The van der Waals surface area contributed by atoms with E-state index < -0.39 is 0 Å². The number of fused-ring (bicyclic) bond motifs is 1. The van der Waals surface area contributed by atoms with Crippen molar-refractivity contribution in [1.82, 2.24) is 14.9 Å². The van der Waals surface area contributed by atoms with E-state index in [2.05, 4.69) is 36.0 Å². The molecule has 0 radical (unpaired) electrons. The molecule has 3 rings (SSSR count). The van der Waals surface area contributed by atoms with Gasteiger partial charge in [-0.15, -0.1) is 0 Å². The summed E-state index contributed by atoms with van der Waals surface area (Å²) in [5.41, 5.74) is 1.75. The van der Waals surface area contributed by atoms with E-state index in [1.54, 1.807) is 0 Å². The summed E-state index contributed by atoms with van der Waals surface area (Å²) in [6.45, 7) is 9.92.